The fraction of sp³-hybridized carbons (Fsp3) is 0.600. The molecule has 3 N–H and O–H groups in total. The molecule has 1 aliphatic heterocycles. The summed E-state index contributed by atoms with van der Waals surface area (Å²) >= 11 is 0. The number of nitrogens with zero attached hydrogens (tertiary/aromatic N) is 2. The lowest BCUT2D eigenvalue weighted by Crippen LogP contribution is -2.33. The van der Waals surface area contributed by atoms with Gasteiger partial charge in [0, 0.05) is 38.4 Å². The minimum Gasteiger partial charge on any atom is -0.395 e. The van der Waals surface area contributed by atoms with Crippen molar-refractivity contribution in [2.24, 2.45) is 5.73 Å². The number of rotatable bonds is 4. The molecular weight excluding hydrogens is 238 g/mol. The zero-order valence-corrected chi connectivity index (χ0v) is 11.8. The first-order valence-corrected chi connectivity index (χ1v) is 7.13. The van der Waals surface area contributed by atoms with Gasteiger partial charge in [-0.3, -0.25) is 4.90 Å². The Labute approximate surface area is 115 Å². The average molecular weight is 263 g/mol. The van der Waals surface area contributed by atoms with Crippen molar-refractivity contribution in [3.8, 4) is 0 Å². The SMILES string of the molecule is Cc1cccc(CN)c1N1CCCN(CCO)CC1. The van der Waals surface area contributed by atoms with Crippen molar-refractivity contribution >= 4 is 5.69 Å². The number of nitrogens with two attached hydrogens (primary N) is 1. The molecule has 1 aromatic rings. The molecule has 0 spiro atoms. The van der Waals surface area contributed by atoms with Crippen molar-refractivity contribution in [3.63, 3.8) is 0 Å². The zero-order valence-electron chi connectivity index (χ0n) is 11.8. The normalized spacial score (nSPS) is 17.5. The van der Waals surface area contributed by atoms with Crippen LogP contribution in [-0.4, -0.2) is 49.3 Å². The maximum atomic E-state index is 9.05. The molecule has 0 aliphatic carbocycles. The molecule has 2 rings (SSSR count). The van der Waals surface area contributed by atoms with Crippen LogP contribution in [0.1, 0.15) is 17.5 Å². The van der Waals surface area contributed by atoms with Crippen LogP contribution in [0.5, 0.6) is 0 Å². The topological polar surface area (TPSA) is 52.7 Å². The van der Waals surface area contributed by atoms with Gasteiger partial charge < -0.3 is 15.7 Å². The third kappa shape index (κ3) is 3.47. The van der Waals surface area contributed by atoms with E-state index in [-0.39, 0.29) is 6.61 Å². The highest BCUT2D eigenvalue weighted by Gasteiger charge is 2.17. The van der Waals surface area contributed by atoms with Gasteiger partial charge in [-0.2, -0.15) is 0 Å². The van der Waals surface area contributed by atoms with Gasteiger partial charge in [-0.1, -0.05) is 18.2 Å². The van der Waals surface area contributed by atoms with Crippen LogP contribution in [0, 0.1) is 6.92 Å². The van der Waals surface area contributed by atoms with Crippen LogP contribution < -0.4 is 10.6 Å². The molecule has 19 heavy (non-hydrogen) atoms. The van der Waals surface area contributed by atoms with E-state index < -0.39 is 0 Å². The van der Waals surface area contributed by atoms with Crippen molar-refractivity contribution in [2.45, 2.75) is 19.9 Å². The second kappa shape index (κ2) is 6.89. The van der Waals surface area contributed by atoms with Crippen molar-refractivity contribution in [1.29, 1.82) is 0 Å². The van der Waals surface area contributed by atoms with E-state index in [0.717, 1.165) is 39.1 Å². The van der Waals surface area contributed by atoms with Gasteiger partial charge in [0.1, 0.15) is 0 Å². The van der Waals surface area contributed by atoms with E-state index in [2.05, 4.69) is 34.9 Å². The fourth-order valence-electron chi connectivity index (χ4n) is 2.90. The zero-order chi connectivity index (χ0) is 13.7. The Morgan fingerprint density at radius 1 is 1.21 bits per heavy atom. The van der Waals surface area contributed by atoms with Gasteiger partial charge in [0.2, 0.25) is 0 Å². The molecule has 1 heterocycles. The molecule has 1 aromatic carbocycles. The fourth-order valence-corrected chi connectivity index (χ4v) is 2.90. The van der Waals surface area contributed by atoms with E-state index in [9.17, 15) is 0 Å². The number of aliphatic hydroxyl groups excluding tert-OH is 1. The van der Waals surface area contributed by atoms with Crippen molar-refractivity contribution < 1.29 is 5.11 Å². The summed E-state index contributed by atoms with van der Waals surface area (Å²) in [5, 5.41) is 9.05. The first-order valence-electron chi connectivity index (χ1n) is 7.13. The predicted octanol–water partition coefficient (Wildman–Crippen LogP) is 0.958. The van der Waals surface area contributed by atoms with E-state index in [1.165, 1.54) is 16.8 Å². The molecular formula is C15H25N3O. The highest BCUT2D eigenvalue weighted by molar-refractivity contribution is 5.59. The average Bonchev–Trinajstić information content (AvgIpc) is 2.64. The molecule has 0 saturated carbocycles. The molecule has 1 aliphatic rings. The minimum atomic E-state index is 0.248. The Morgan fingerprint density at radius 3 is 2.79 bits per heavy atom. The smallest absolute Gasteiger partial charge is 0.0558 e. The number of anilines is 1. The molecule has 0 amide bonds. The van der Waals surface area contributed by atoms with Crippen LogP contribution in [0.2, 0.25) is 0 Å². The molecule has 4 heteroatoms. The van der Waals surface area contributed by atoms with Crippen LogP contribution in [0.25, 0.3) is 0 Å². The predicted molar refractivity (Wildman–Crippen MR) is 79.4 cm³/mol. The summed E-state index contributed by atoms with van der Waals surface area (Å²) in [7, 11) is 0. The molecule has 0 aromatic heterocycles. The molecule has 0 atom stereocenters. The van der Waals surface area contributed by atoms with Gasteiger partial charge in [-0.15, -0.1) is 0 Å². The van der Waals surface area contributed by atoms with Gasteiger partial charge in [-0.25, -0.2) is 0 Å². The van der Waals surface area contributed by atoms with Crippen molar-refractivity contribution in [2.75, 3.05) is 44.2 Å². The number of hydrogen-bond acceptors (Lipinski definition) is 4. The number of para-hydroxylation sites is 1. The van der Waals surface area contributed by atoms with Gasteiger partial charge >= 0.3 is 0 Å². The van der Waals surface area contributed by atoms with Crippen molar-refractivity contribution in [1.82, 2.24) is 4.90 Å². The summed E-state index contributed by atoms with van der Waals surface area (Å²) < 4.78 is 0. The summed E-state index contributed by atoms with van der Waals surface area (Å²) in [5.41, 5.74) is 9.72. The van der Waals surface area contributed by atoms with E-state index in [1.807, 2.05) is 0 Å². The molecule has 1 fully saturated rings. The molecule has 0 radical (unpaired) electrons. The van der Waals surface area contributed by atoms with E-state index in [0.29, 0.717) is 6.54 Å². The van der Waals surface area contributed by atoms with Crippen molar-refractivity contribution in [3.05, 3.63) is 29.3 Å². The maximum absolute atomic E-state index is 9.05. The van der Waals surface area contributed by atoms with E-state index in [4.69, 9.17) is 10.8 Å². The van der Waals surface area contributed by atoms with Crippen LogP contribution in [0.4, 0.5) is 5.69 Å². The maximum Gasteiger partial charge on any atom is 0.0558 e. The Bertz CT molecular complexity index is 408. The minimum absolute atomic E-state index is 0.248. The first kappa shape index (κ1) is 14.3. The van der Waals surface area contributed by atoms with Gasteiger partial charge in [0.15, 0.2) is 0 Å². The number of aryl methyl sites for hydroxylation is 1. The Hall–Kier alpha value is -1.10. The number of aliphatic hydroxyl groups is 1. The summed E-state index contributed by atoms with van der Waals surface area (Å²) in [6.07, 6.45) is 1.14. The highest BCUT2D eigenvalue weighted by atomic mass is 16.3. The molecule has 0 unspecified atom stereocenters. The van der Waals surface area contributed by atoms with Crippen LogP contribution >= 0.6 is 0 Å². The van der Waals surface area contributed by atoms with Gasteiger partial charge in [0.25, 0.3) is 0 Å². The van der Waals surface area contributed by atoms with Crippen LogP contribution in [0.3, 0.4) is 0 Å². The standard InChI is InChI=1S/C15H25N3O/c1-13-4-2-5-14(12-16)15(13)18-7-3-6-17(8-9-18)10-11-19/h2,4-5,19H,3,6-12,16H2,1H3. The number of hydrogen-bond donors (Lipinski definition) is 2. The Kier molecular flexibility index (Phi) is 5.19. The molecule has 0 bridgehead atoms. The Balaban J connectivity index is 2.14. The van der Waals surface area contributed by atoms with Gasteiger partial charge in [-0.05, 0) is 31.0 Å². The quantitative estimate of drug-likeness (QED) is 0.849. The monoisotopic (exact) mass is 263 g/mol. The van der Waals surface area contributed by atoms with Gasteiger partial charge in [0.05, 0.1) is 6.61 Å². The highest BCUT2D eigenvalue weighted by Crippen LogP contribution is 2.26. The second-order valence-corrected chi connectivity index (χ2v) is 5.19. The van der Waals surface area contributed by atoms with Crippen LogP contribution in [-0.2, 0) is 6.54 Å². The Morgan fingerprint density at radius 2 is 2.05 bits per heavy atom. The number of benzene rings is 1. The van der Waals surface area contributed by atoms with E-state index in [1.54, 1.807) is 0 Å². The third-order valence-electron chi connectivity index (χ3n) is 3.86. The summed E-state index contributed by atoms with van der Waals surface area (Å²) in [6.45, 7) is 7.94. The number of β-amino-alcohol motifs (C(OH)–C–C–N with tert-alkyl or cyclic N) is 1. The summed E-state index contributed by atoms with van der Waals surface area (Å²) in [5.74, 6) is 0. The van der Waals surface area contributed by atoms with Crippen LogP contribution in [0.15, 0.2) is 18.2 Å². The lowest BCUT2D eigenvalue weighted by molar-refractivity contribution is 0.204. The van der Waals surface area contributed by atoms with E-state index >= 15 is 0 Å². The second-order valence-electron chi connectivity index (χ2n) is 5.19. The molecule has 1 saturated heterocycles. The summed E-state index contributed by atoms with van der Waals surface area (Å²) in [4.78, 5) is 4.79. The third-order valence-corrected chi connectivity index (χ3v) is 3.86. The lowest BCUT2D eigenvalue weighted by Gasteiger charge is -2.27. The molecule has 106 valence electrons. The largest absolute Gasteiger partial charge is 0.395 e. The first-order chi connectivity index (χ1) is 9.26. The summed E-state index contributed by atoms with van der Waals surface area (Å²) in [6, 6.07) is 6.36. The molecule has 4 nitrogen and oxygen atoms in total. The lowest BCUT2D eigenvalue weighted by atomic mass is 10.1.